The van der Waals surface area contributed by atoms with E-state index in [1.807, 2.05) is 24.3 Å². The van der Waals surface area contributed by atoms with Gasteiger partial charge in [0.1, 0.15) is 11.3 Å². The van der Waals surface area contributed by atoms with E-state index < -0.39 is 0 Å². The van der Waals surface area contributed by atoms with Gasteiger partial charge < -0.3 is 4.74 Å². The van der Waals surface area contributed by atoms with Crippen molar-refractivity contribution in [1.82, 2.24) is 0 Å². The summed E-state index contributed by atoms with van der Waals surface area (Å²) >= 11 is 5.44. The molecule has 0 atom stereocenters. The van der Waals surface area contributed by atoms with E-state index >= 15 is 0 Å². The fraction of sp³-hybridized carbons (Fsp3) is 0.143. The van der Waals surface area contributed by atoms with Gasteiger partial charge in [-0.05, 0) is 62.8 Å². The van der Waals surface area contributed by atoms with Crippen LogP contribution in [0.3, 0.4) is 0 Å². The van der Waals surface area contributed by atoms with Crippen molar-refractivity contribution in [3.8, 4) is 5.75 Å². The summed E-state index contributed by atoms with van der Waals surface area (Å²) in [6.07, 6.45) is 0. The highest BCUT2D eigenvalue weighted by Gasteiger charge is 1.89. The van der Waals surface area contributed by atoms with Crippen LogP contribution in [-0.4, -0.2) is 5.52 Å². The minimum absolute atomic E-state index is 0.549. The monoisotopic (exact) mass is 312 g/mol. The summed E-state index contributed by atoms with van der Waals surface area (Å²) in [5.41, 5.74) is 0.549. The summed E-state index contributed by atoms with van der Waals surface area (Å²) < 4.78 is 6.40. The Morgan fingerprint density at radius 3 is 2.40 bits per heavy atom. The topological polar surface area (TPSA) is 9.23 Å². The van der Waals surface area contributed by atoms with Gasteiger partial charge in [-0.15, -0.1) is 0 Å². The highest BCUT2D eigenvalue weighted by molar-refractivity contribution is 14.1. The molecule has 0 aromatic heterocycles. The van der Waals surface area contributed by atoms with Gasteiger partial charge in [0.05, 0.1) is 0 Å². The molecule has 1 aromatic rings. The molecule has 1 nitrogen and oxygen atoms in total. The van der Waals surface area contributed by atoms with E-state index in [9.17, 15) is 0 Å². The van der Waals surface area contributed by atoms with Crippen molar-refractivity contribution in [2.45, 2.75) is 0 Å². The lowest BCUT2D eigenvalue weighted by Gasteiger charge is -1.99. The molecule has 0 bridgehead atoms. The maximum atomic E-state index is 5.17. The average molecular weight is 313 g/mol. The van der Waals surface area contributed by atoms with Crippen LogP contribution in [0.25, 0.3) is 0 Å². The van der Waals surface area contributed by atoms with Gasteiger partial charge in [0.2, 0.25) is 0 Å². The molecule has 3 heteroatoms. The molecule has 0 spiro atoms. The Labute approximate surface area is 82.0 Å². The van der Waals surface area contributed by atoms with Crippen molar-refractivity contribution in [2.24, 2.45) is 0 Å². The first-order valence-corrected chi connectivity index (χ1v) is 4.97. The predicted molar refractivity (Wildman–Crippen MR) is 53.6 cm³/mol. The summed E-state index contributed by atoms with van der Waals surface area (Å²) in [6, 6.07) is 7.92. The fourth-order valence-corrected chi connectivity index (χ4v) is 1.22. The molecule has 0 unspecified atom stereocenters. The second-order valence-corrected chi connectivity index (χ2v) is 3.41. The molecular formula is C7H6BrIO. The number of benzene rings is 1. The van der Waals surface area contributed by atoms with E-state index in [1.165, 1.54) is 3.57 Å². The highest BCUT2D eigenvalue weighted by Crippen LogP contribution is 2.13. The van der Waals surface area contributed by atoms with Crippen molar-refractivity contribution in [3.05, 3.63) is 27.8 Å². The van der Waals surface area contributed by atoms with Gasteiger partial charge in [0, 0.05) is 3.57 Å². The van der Waals surface area contributed by atoms with Crippen molar-refractivity contribution in [1.29, 1.82) is 0 Å². The molecule has 0 radical (unpaired) electrons. The quantitative estimate of drug-likeness (QED) is 0.602. The molecule has 54 valence electrons. The molecular weight excluding hydrogens is 307 g/mol. The van der Waals surface area contributed by atoms with E-state index in [-0.39, 0.29) is 0 Å². The lowest BCUT2D eigenvalue weighted by atomic mass is 10.3. The average Bonchev–Trinajstić information content (AvgIpc) is 1.95. The van der Waals surface area contributed by atoms with Gasteiger partial charge in [-0.1, -0.05) is 0 Å². The normalized spacial score (nSPS) is 9.40. The van der Waals surface area contributed by atoms with E-state index in [1.54, 1.807) is 0 Å². The van der Waals surface area contributed by atoms with Gasteiger partial charge in [-0.3, -0.25) is 0 Å². The summed E-state index contributed by atoms with van der Waals surface area (Å²) in [4.78, 5) is 0. The van der Waals surface area contributed by atoms with E-state index in [0.29, 0.717) is 5.52 Å². The van der Waals surface area contributed by atoms with Crippen LogP contribution in [0.2, 0.25) is 0 Å². The third kappa shape index (κ3) is 2.46. The summed E-state index contributed by atoms with van der Waals surface area (Å²) in [5.74, 6) is 0.900. The smallest absolute Gasteiger partial charge is 0.143 e. The molecule has 0 fully saturated rings. The van der Waals surface area contributed by atoms with Crippen molar-refractivity contribution >= 4 is 38.5 Å². The van der Waals surface area contributed by atoms with Crippen LogP contribution in [0.4, 0.5) is 0 Å². The first kappa shape index (κ1) is 8.33. The SMILES string of the molecule is BrCOc1ccc(I)cc1. The first-order valence-electron chi connectivity index (χ1n) is 2.77. The molecule has 10 heavy (non-hydrogen) atoms. The standard InChI is InChI=1S/C7H6BrIO/c8-5-10-7-3-1-6(9)2-4-7/h1-4H,5H2. The largest absolute Gasteiger partial charge is 0.482 e. The maximum absolute atomic E-state index is 5.17. The summed E-state index contributed by atoms with van der Waals surface area (Å²) in [7, 11) is 0. The molecule has 1 rings (SSSR count). The van der Waals surface area contributed by atoms with Gasteiger partial charge in [0.25, 0.3) is 0 Å². The zero-order valence-electron chi connectivity index (χ0n) is 5.18. The third-order valence-corrected chi connectivity index (χ3v) is 1.98. The number of alkyl halides is 1. The Morgan fingerprint density at radius 2 is 1.90 bits per heavy atom. The summed E-state index contributed by atoms with van der Waals surface area (Å²) in [5, 5.41) is 0. The van der Waals surface area contributed by atoms with Gasteiger partial charge in [-0.25, -0.2) is 0 Å². The molecule has 0 saturated carbocycles. The van der Waals surface area contributed by atoms with Crippen LogP contribution >= 0.6 is 38.5 Å². The van der Waals surface area contributed by atoms with Crippen molar-refractivity contribution in [2.75, 3.05) is 5.52 Å². The van der Waals surface area contributed by atoms with Crippen LogP contribution in [0.15, 0.2) is 24.3 Å². The lowest BCUT2D eigenvalue weighted by Crippen LogP contribution is -1.87. The van der Waals surface area contributed by atoms with E-state index in [2.05, 4.69) is 38.5 Å². The van der Waals surface area contributed by atoms with Gasteiger partial charge in [-0.2, -0.15) is 0 Å². The number of rotatable bonds is 2. The lowest BCUT2D eigenvalue weighted by molar-refractivity contribution is 0.398. The Balaban J connectivity index is 2.69. The fourth-order valence-electron chi connectivity index (χ4n) is 0.594. The maximum Gasteiger partial charge on any atom is 0.143 e. The second-order valence-electron chi connectivity index (χ2n) is 1.71. The number of ether oxygens (including phenoxy) is 1. The molecule has 0 N–H and O–H groups in total. The molecule has 0 aliphatic heterocycles. The molecule has 1 aromatic carbocycles. The number of hydrogen-bond acceptors (Lipinski definition) is 1. The molecule has 0 aliphatic carbocycles. The zero-order valence-corrected chi connectivity index (χ0v) is 8.92. The van der Waals surface area contributed by atoms with Crippen LogP contribution in [0, 0.1) is 3.57 Å². The Morgan fingerprint density at radius 1 is 1.30 bits per heavy atom. The molecule has 0 saturated heterocycles. The minimum Gasteiger partial charge on any atom is -0.482 e. The third-order valence-electron chi connectivity index (χ3n) is 1.03. The number of hydrogen-bond donors (Lipinski definition) is 0. The van der Waals surface area contributed by atoms with Crippen LogP contribution < -0.4 is 4.74 Å². The second kappa shape index (κ2) is 4.18. The Bertz CT molecular complexity index is 197. The van der Waals surface area contributed by atoms with E-state index in [4.69, 9.17) is 4.74 Å². The van der Waals surface area contributed by atoms with Gasteiger partial charge in [0.15, 0.2) is 0 Å². The number of halogens is 2. The van der Waals surface area contributed by atoms with E-state index in [0.717, 1.165) is 5.75 Å². The Hall–Kier alpha value is 0.230. The molecule has 0 heterocycles. The van der Waals surface area contributed by atoms with Crippen molar-refractivity contribution in [3.63, 3.8) is 0 Å². The van der Waals surface area contributed by atoms with Crippen molar-refractivity contribution < 1.29 is 4.74 Å². The van der Waals surface area contributed by atoms with Crippen LogP contribution in [-0.2, 0) is 0 Å². The predicted octanol–water partition coefficient (Wildman–Crippen LogP) is 3.02. The Kier molecular flexibility index (Phi) is 3.48. The highest BCUT2D eigenvalue weighted by atomic mass is 127. The first-order chi connectivity index (χ1) is 4.83. The van der Waals surface area contributed by atoms with Crippen LogP contribution in [0.1, 0.15) is 0 Å². The van der Waals surface area contributed by atoms with Gasteiger partial charge >= 0.3 is 0 Å². The molecule has 0 amide bonds. The minimum atomic E-state index is 0.549. The molecule has 0 aliphatic rings. The zero-order chi connectivity index (χ0) is 7.40. The van der Waals surface area contributed by atoms with Crippen LogP contribution in [0.5, 0.6) is 5.75 Å². The summed E-state index contributed by atoms with van der Waals surface area (Å²) in [6.45, 7) is 0.